The van der Waals surface area contributed by atoms with Gasteiger partial charge in [-0.3, -0.25) is 4.79 Å². The molecule has 1 atom stereocenters. The fourth-order valence-electron chi connectivity index (χ4n) is 2.80. The Morgan fingerprint density at radius 3 is 2.68 bits per heavy atom. The van der Waals surface area contributed by atoms with Crippen LogP contribution in [-0.2, 0) is 0 Å². The summed E-state index contributed by atoms with van der Waals surface area (Å²) in [6, 6.07) is 9.71. The SMILES string of the molecule is O=C(c1ccc(F)cc1)C1CCCN(c2ccc(Br)cn2)C1. The van der Waals surface area contributed by atoms with Gasteiger partial charge in [0, 0.05) is 35.2 Å². The lowest BCUT2D eigenvalue weighted by Crippen LogP contribution is -2.39. The first-order valence-corrected chi connectivity index (χ1v) is 8.09. The minimum absolute atomic E-state index is 0.0651. The molecule has 0 radical (unpaired) electrons. The van der Waals surface area contributed by atoms with Crippen LogP contribution in [0.1, 0.15) is 23.2 Å². The number of nitrogens with zero attached hydrogens (tertiary/aromatic N) is 2. The molecule has 0 bridgehead atoms. The molecule has 1 aliphatic heterocycles. The molecule has 114 valence electrons. The quantitative estimate of drug-likeness (QED) is 0.771. The third-order valence-electron chi connectivity index (χ3n) is 3.96. The zero-order valence-electron chi connectivity index (χ0n) is 12.0. The molecular weight excluding hydrogens is 347 g/mol. The van der Waals surface area contributed by atoms with Crippen molar-refractivity contribution in [2.24, 2.45) is 5.92 Å². The first-order chi connectivity index (χ1) is 10.6. The Labute approximate surface area is 137 Å². The highest BCUT2D eigenvalue weighted by atomic mass is 79.9. The van der Waals surface area contributed by atoms with Crippen molar-refractivity contribution in [3.8, 4) is 0 Å². The van der Waals surface area contributed by atoms with Crippen LogP contribution < -0.4 is 4.90 Å². The van der Waals surface area contributed by atoms with Gasteiger partial charge in [-0.25, -0.2) is 9.37 Å². The second-order valence-electron chi connectivity index (χ2n) is 5.49. The molecule has 1 saturated heterocycles. The number of halogens is 2. The van der Waals surface area contributed by atoms with Crippen molar-refractivity contribution in [3.05, 3.63) is 58.4 Å². The molecule has 0 aliphatic carbocycles. The summed E-state index contributed by atoms with van der Waals surface area (Å²) in [6.45, 7) is 1.56. The Kier molecular flexibility index (Phi) is 4.52. The third kappa shape index (κ3) is 3.35. The minimum Gasteiger partial charge on any atom is -0.356 e. The van der Waals surface area contributed by atoms with Crippen molar-refractivity contribution >= 4 is 27.5 Å². The van der Waals surface area contributed by atoms with Crippen LogP contribution in [0, 0.1) is 11.7 Å². The van der Waals surface area contributed by atoms with Crippen LogP contribution in [0.3, 0.4) is 0 Å². The van der Waals surface area contributed by atoms with Crippen molar-refractivity contribution in [1.82, 2.24) is 4.98 Å². The number of ketones is 1. The summed E-state index contributed by atoms with van der Waals surface area (Å²) < 4.78 is 13.9. The molecule has 0 spiro atoms. The van der Waals surface area contributed by atoms with Gasteiger partial charge in [-0.2, -0.15) is 0 Å². The predicted molar refractivity (Wildman–Crippen MR) is 87.6 cm³/mol. The number of carbonyl (C=O) groups excluding carboxylic acids is 1. The molecule has 2 heterocycles. The largest absolute Gasteiger partial charge is 0.356 e. The van der Waals surface area contributed by atoms with Gasteiger partial charge in [-0.05, 0) is 65.2 Å². The molecule has 0 N–H and O–H groups in total. The average molecular weight is 363 g/mol. The Hall–Kier alpha value is -1.75. The van der Waals surface area contributed by atoms with Gasteiger partial charge >= 0.3 is 0 Å². The van der Waals surface area contributed by atoms with Crippen LogP contribution in [0.5, 0.6) is 0 Å². The normalized spacial score (nSPS) is 18.3. The summed E-state index contributed by atoms with van der Waals surface area (Å²) in [5.41, 5.74) is 0.581. The van der Waals surface area contributed by atoms with E-state index in [4.69, 9.17) is 0 Å². The molecule has 3 rings (SSSR count). The molecule has 3 nitrogen and oxygen atoms in total. The van der Waals surface area contributed by atoms with Crippen molar-refractivity contribution in [1.29, 1.82) is 0 Å². The number of carbonyl (C=O) groups is 1. The van der Waals surface area contributed by atoms with Gasteiger partial charge in [0.15, 0.2) is 5.78 Å². The van der Waals surface area contributed by atoms with E-state index >= 15 is 0 Å². The van der Waals surface area contributed by atoms with Crippen LogP contribution in [0.2, 0.25) is 0 Å². The number of hydrogen-bond acceptors (Lipinski definition) is 3. The van der Waals surface area contributed by atoms with Gasteiger partial charge in [-0.1, -0.05) is 0 Å². The Morgan fingerprint density at radius 1 is 1.23 bits per heavy atom. The number of pyridine rings is 1. The molecule has 1 fully saturated rings. The van der Waals surface area contributed by atoms with E-state index in [0.717, 1.165) is 29.7 Å². The number of aromatic nitrogens is 1. The molecule has 1 unspecified atom stereocenters. The van der Waals surface area contributed by atoms with E-state index in [-0.39, 0.29) is 17.5 Å². The third-order valence-corrected chi connectivity index (χ3v) is 4.43. The number of hydrogen-bond donors (Lipinski definition) is 0. The van der Waals surface area contributed by atoms with Crippen LogP contribution in [0.15, 0.2) is 47.1 Å². The summed E-state index contributed by atoms with van der Waals surface area (Å²) in [7, 11) is 0. The van der Waals surface area contributed by atoms with Gasteiger partial charge in [0.1, 0.15) is 11.6 Å². The van der Waals surface area contributed by atoms with E-state index in [0.29, 0.717) is 12.1 Å². The lowest BCUT2D eigenvalue weighted by molar-refractivity contribution is 0.0907. The summed E-state index contributed by atoms with van der Waals surface area (Å²) in [5.74, 6) is 0.590. The van der Waals surface area contributed by atoms with Gasteiger partial charge in [0.05, 0.1) is 0 Å². The fourth-order valence-corrected chi connectivity index (χ4v) is 3.04. The molecule has 0 saturated carbocycles. The number of rotatable bonds is 3. The maximum Gasteiger partial charge on any atom is 0.167 e. The Bertz CT molecular complexity index is 657. The zero-order valence-corrected chi connectivity index (χ0v) is 13.6. The molecular formula is C17H16BrFN2O. The lowest BCUT2D eigenvalue weighted by atomic mass is 9.90. The lowest BCUT2D eigenvalue weighted by Gasteiger charge is -2.32. The first kappa shape index (κ1) is 15.2. The maximum absolute atomic E-state index is 13.0. The first-order valence-electron chi connectivity index (χ1n) is 7.30. The van der Waals surface area contributed by atoms with E-state index in [9.17, 15) is 9.18 Å². The summed E-state index contributed by atoms with van der Waals surface area (Å²) in [5, 5.41) is 0. The molecule has 1 aromatic heterocycles. The topological polar surface area (TPSA) is 33.2 Å². The second kappa shape index (κ2) is 6.57. The summed E-state index contributed by atoms with van der Waals surface area (Å²) >= 11 is 3.38. The standard InChI is InChI=1S/C17H16BrFN2O/c18-14-5-8-16(20-10-14)21-9-1-2-13(11-21)17(22)12-3-6-15(19)7-4-12/h3-8,10,13H,1-2,9,11H2. The van der Waals surface area contributed by atoms with Gasteiger partial charge < -0.3 is 4.90 Å². The molecule has 0 amide bonds. The van der Waals surface area contributed by atoms with E-state index < -0.39 is 0 Å². The van der Waals surface area contributed by atoms with Crippen LogP contribution >= 0.6 is 15.9 Å². The molecule has 22 heavy (non-hydrogen) atoms. The second-order valence-corrected chi connectivity index (χ2v) is 6.41. The molecule has 2 aromatic rings. The monoisotopic (exact) mass is 362 g/mol. The average Bonchev–Trinajstić information content (AvgIpc) is 2.56. The van der Waals surface area contributed by atoms with Gasteiger partial charge in [0.25, 0.3) is 0 Å². The summed E-state index contributed by atoms with van der Waals surface area (Å²) in [6.07, 6.45) is 3.58. The van der Waals surface area contributed by atoms with Gasteiger partial charge in [0.2, 0.25) is 0 Å². The number of piperidine rings is 1. The van der Waals surface area contributed by atoms with Gasteiger partial charge in [-0.15, -0.1) is 0 Å². The molecule has 1 aliphatic rings. The number of anilines is 1. The molecule has 1 aromatic carbocycles. The zero-order chi connectivity index (χ0) is 15.5. The molecule has 5 heteroatoms. The van der Waals surface area contributed by atoms with E-state index in [2.05, 4.69) is 25.8 Å². The maximum atomic E-state index is 13.0. The van der Waals surface area contributed by atoms with E-state index in [1.54, 1.807) is 18.3 Å². The highest BCUT2D eigenvalue weighted by molar-refractivity contribution is 9.10. The predicted octanol–water partition coefficient (Wildman–Crippen LogP) is 4.08. The van der Waals surface area contributed by atoms with Crippen LogP contribution in [-0.4, -0.2) is 23.9 Å². The van der Waals surface area contributed by atoms with Crippen LogP contribution in [0.25, 0.3) is 0 Å². The fraction of sp³-hybridized carbons (Fsp3) is 0.294. The Morgan fingerprint density at radius 2 is 2.00 bits per heavy atom. The summed E-state index contributed by atoms with van der Waals surface area (Å²) in [4.78, 5) is 19.1. The van der Waals surface area contributed by atoms with Crippen LogP contribution in [0.4, 0.5) is 10.2 Å². The van der Waals surface area contributed by atoms with Crippen molar-refractivity contribution in [2.45, 2.75) is 12.8 Å². The highest BCUT2D eigenvalue weighted by Crippen LogP contribution is 2.25. The van der Waals surface area contributed by atoms with E-state index in [1.165, 1.54) is 12.1 Å². The Balaban J connectivity index is 1.73. The number of Topliss-reactive ketones (excluding diaryl/α,β-unsaturated/α-hetero) is 1. The van der Waals surface area contributed by atoms with Crippen molar-refractivity contribution in [2.75, 3.05) is 18.0 Å². The number of benzene rings is 1. The highest BCUT2D eigenvalue weighted by Gasteiger charge is 2.27. The van der Waals surface area contributed by atoms with Crippen molar-refractivity contribution in [3.63, 3.8) is 0 Å². The smallest absolute Gasteiger partial charge is 0.167 e. The minimum atomic E-state index is -0.319. The van der Waals surface area contributed by atoms with Crippen molar-refractivity contribution < 1.29 is 9.18 Å². The van der Waals surface area contributed by atoms with E-state index in [1.807, 2.05) is 12.1 Å².